The summed E-state index contributed by atoms with van der Waals surface area (Å²) in [6.45, 7) is 1.70. The molecule has 0 unspecified atom stereocenters. The lowest BCUT2D eigenvalue weighted by Crippen LogP contribution is -2.46. The normalized spacial score (nSPS) is 16.8. The predicted molar refractivity (Wildman–Crippen MR) is 60.0 cm³/mol. The zero-order valence-electron chi connectivity index (χ0n) is 8.57. The second-order valence-corrected chi connectivity index (χ2v) is 4.26. The topological polar surface area (TPSA) is 59.5 Å². The van der Waals surface area contributed by atoms with Gasteiger partial charge in [-0.25, -0.2) is 9.88 Å². The molecule has 0 aliphatic carbocycles. The number of carbonyl (C=O) groups is 2. The van der Waals surface area contributed by atoms with Crippen molar-refractivity contribution in [2.75, 3.05) is 18.1 Å². The highest BCUT2D eigenvalue weighted by atomic mass is 79.9. The number of rotatable bonds is 1. The number of amides is 2. The third kappa shape index (κ3) is 1.98. The number of anilines is 1. The number of morpholine rings is 1. The number of hydrogen-bond donors (Lipinski definition) is 0. The zero-order valence-corrected chi connectivity index (χ0v) is 10.2. The molecule has 1 aromatic heterocycles. The van der Waals surface area contributed by atoms with Gasteiger partial charge in [0.2, 0.25) is 0 Å². The van der Waals surface area contributed by atoms with E-state index >= 15 is 0 Å². The molecular formula is C10H9BrN2O3. The van der Waals surface area contributed by atoms with E-state index in [1.807, 2.05) is 6.92 Å². The first-order valence-corrected chi connectivity index (χ1v) is 5.44. The number of pyridine rings is 1. The first-order valence-electron chi connectivity index (χ1n) is 4.65. The monoisotopic (exact) mass is 284 g/mol. The highest BCUT2D eigenvalue weighted by Gasteiger charge is 2.29. The minimum Gasteiger partial charge on any atom is -0.362 e. The maximum Gasteiger partial charge on any atom is 0.261 e. The number of aromatic nitrogens is 1. The average Bonchev–Trinajstić information content (AvgIpc) is 2.23. The summed E-state index contributed by atoms with van der Waals surface area (Å²) in [6, 6.07) is 1.69. The van der Waals surface area contributed by atoms with Crippen molar-refractivity contribution in [3.8, 4) is 0 Å². The molecule has 1 aliphatic rings. The summed E-state index contributed by atoms with van der Waals surface area (Å²) in [4.78, 5) is 28.2. The van der Waals surface area contributed by atoms with Gasteiger partial charge in [0.15, 0.2) is 0 Å². The van der Waals surface area contributed by atoms with Crippen LogP contribution in [-0.2, 0) is 14.3 Å². The highest BCUT2D eigenvalue weighted by Crippen LogP contribution is 2.21. The lowest BCUT2D eigenvalue weighted by molar-refractivity contribution is -0.138. The smallest absolute Gasteiger partial charge is 0.261 e. The molecule has 0 atom stereocenters. The van der Waals surface area contributed by atoms with Crippen molar-refractivity contribution in [2.24, 2.45) is 0 Å². The van der Waals surface area contributed by atoms with Crippen LogP contribution in [0, 0.1) is 6.92 Å². The third-order valence-electron chi connectivity index (χ3n) is 2.21. The maximum absolute atomic E-state index is 11.5. The van der Waals surface area contributed by atoms with Gasteiger partial charge in [-0.2, -0.15) is 0 Å². The van der Waals surface area contributed by atoms with Crippen molar-refractivity contribution in [3.05, 3.63) is 22.3 Å². The van der Waals surface area contributed by atoms with Gasteiger partial charge in [0.1, 0.15) is 19.0 Å². The number of aryl methyl sites for hydroxylation is 1. The van der Waals surface area contributed by atoms with E-state index in [9.17, 15) is 9.59 Å². The van der Waals surface area contributed by atoms with E-state index in [1.54, 1.807) is 12.3 Å². The molecule has 2 heterocycles. The van der Waals surface area contributed by atoms with Crippen molar-refractivity contribution in [1.82, 2.24) is 4.98 Å². The molecule has 1 saturated heterocycles. The summed E-state index contributed by atoms with van der Waals surface area (Å²) < 4.78 is 5.66. The maximum atomic E-state index is 11.5. The quantitative estimate of drug-likeness (QED) is 0.723. The first-order chi connectivity index (χ1) is 7.59. The highest BCUT2D eigenvalue weighted by molar-refractivity contribution is 9.10. The van der Waals surface area contributed by atoms with E-state index in [0.29, 0.717) is 5.82 Å². The second-order valence-electron chi connectivity index (χ2n) is 3.41. The average molecular weight is 285 g/mol. The molecule has 0 bridgehead atoms. The molecule has 0 spiro atoms. The molecule has 2 amide bonds. The number of carbonyl (C=O) groups excluding carboxylic acids is 2. The molecule has 2 rings (SSSR count). The van der Waals surface area contributed by atoms with E-state index in [2.05, 4.69) is 20.9 Å². The van der Waals surface area contributed by atoms with Crippen LogP contribution in [0.1, 0.15) is 5.56 Å². The Kier molecular flexibility index (Phi) is 3.02. The van der Waals surface area contributed by atoms with Crippen LogP contribution in [0.4, 0.5) is 5.82 Å². The molecule has 1 aliphatic heterocycles. The van der Waals surface area contributed by atoms with Gasteiger partial charge in [0.25, 0.3) is 11.8 Å². The van der Waals surface area contributed by atoms with Gasteiger partial charge >= 0.3 is 0 Å². The molecule has 1 fully saturated rings. The van der Waals surface area contributed by atoms with Crippen molar-refractivity contribution < 1.29 is 14.3 Å². The molecule has 0 N–H and O–H groups in total. The van der Waals surface area contributed by atoms with Crippen LogP contribution < -0.4 is 4.90 Å². The Balaban J connectivity index is 2.38. The molecule has 5 nitrogen and oxygen atoms in total. The summed E-state index contributed by atoms with van der Waals surface area (Å²) in [5.41, 5.74) is 0.914. The minimum atomic E-state index is -0.384. The van der Waals surface area contributed by atoms with Crippen LogP contribution in [0.5, 0.6) is 0 Å². The van der Waals surface area contributed by atoms with E-state index < -0.39 is 0 Å². The summed E-state index contributed by atoms with van der Waals surface area (Å²) in [5.74, 6) is -0.421. The first kappa shape index (κ1) is 11.2. The van der Waals surface area contributed by atoms with Gasteiger partial charge < -0.3 is 4.74 Å². The molecule has 6 heteroatoms. The van der Waals surface area contributed by atoms with Gasteiger partial charge in [-0.15, -0.1) is 0 Å². The minimum absolute atomic E-state index is 0.0808. The van der Waals surface area contributed by atoms with Crippen molar-refractivity contribution in [2.45, 2.75) is 6.92 Å². The Bertz CT molecular complexity index is 445. The number of ether oxygens (including phenoxy) is 1. The van der Waals surface area contributed by atoms with E-state index in [1.165, 1.54) is 0 Å². The standard InChI is InChI=1S/C10H9BrN2O3/c1-6-2-8(12-3-7(6)11)13-9(14)4-16-5-10(13)15/h2-3H,4-5H2,1H3. The van der Waals surface area contributed by atoms with Crippen LogP contribution in [0.25, 0.3) is 0 Å². The molecule has 0 saturated carbocycles. The van der Waals surface area contributed by atoms with Crippen molar-refractivity contribution in [1.29, 1.82) is 0 Å². The van der Waals surface area contributed by atoms with E-state index in [4.69, 9.17) is 4.74 Å². The second kappa shape index (κ2) is 4.31. The zero-order chi connectivity index (χ0) is 11.7. The Morgan fingerprint density at radius 3 is 2.56 bits per heavy atom. The van der Waals surface area contributed by atoms with Gasteiger partial charge in [0, 0.05) is 10.7 Å². The Labute approximate surface area is 101 Å². The fraction of sp³-hybridized carbons (Fsp3) is 0.300. The summed E-state index contributed by atoms with van der Waals surface area (Å²) in [6.07, 6.45) is 1.57. The predicted octanol–water partition coefficient (Wildman–Crippen LogP) is 1.04. The Morgan fingerprint density at radius 1 is 1.38 bits per heavy atom. The van der Waals surface area contributed by atoms with Crippen molar-refractivity contribution >= 4 is 33.6 Å². The Hall–Kier alpha value is -1.27. The SMILES string of the molecule is Cc1cc(N2C(=O)COCC2=O)ncc1Br. The molecule has 0 radical (unpaired) electrons. The Morgan fingerprint density at radius 2 is 2.00 bits per heavy atom. The van der Waals surface area contributed by atoms with E-state index in [-0.39, 0.29) is 25.0 Å². The van der Waals surface area contributed by atoms with Gasteiger partial charge in [0.05, 0.1) is 0 Å². The van der Waals surface area contributed by atoms with Gasteiger partial charge in [-0.1, -0.05) is 0 Å². The number of nitrogens with zero attached hydrogens (tertiary/aromatic N) is 2. The lowest BCUT2D eigenvalue weighted by Gasteiger charge is -2.24. The molecular weight excluding hydrogens is 276 g/mol. The van der Waals surface area contributed by atoms with Crippen LogP contribution in [-0.4, -0.2) is 30.0 Å². The fourth-order valence-electron chi connectivity index (χ4n) is 1.40. The molecule has 84 valence electrons. The summed E-state index contributed by atoms with van der Waals surface area (Å²) >= 11 is 3.31. The van der Waals surface area contributed by atoms with E-state index in [0.717, 1.165) is 14.9 Å². The number of imide groups is 1. The van der Waals surface area contributed by atoms with Crippen molar-refractivity contribution in [3.63, 3.8) is 0 Å². The van der Waals surface area contributed by atoms with Gasteiger partial charge in [-0.3, -0.25) is 9.59 Å². The summed E-state index contributed by atoms with van der Waals surface area (Å²) in [7, 11) is 0. The van der Waals surface area contributed by atoms with Crippen LogP contribution in [0.2, 0.25) is 0 Å². The molecule has 0 aromatic carbocycles. The van der Waals surface area contributed by atoms with Gasteiger partial charge in [-0.05, 0) is 34.5 Å². The molecule has 1 aromatic rings. The summed E-state index contributed by atoms with van der Waals surface area (Å²) in [5, 5.41) is 0. The number of hydrogen-bond acceptors (Lipinski definition) is 4. The molecule has 16 heavy (non-hydrogen) atoms. The largest absolute Gasteiger partial charge is 0.362 e. The fourth-order valence-corrected chi connectivity index (χ4v) is 1.61. The van der Waals surface area contributed by atoms with Crippen LogP contribution in [0.15, 0.2) is 16.7 Å². The lowest BCUT2D eigenvalue weighted by atomic mass is 10.2. The number of halogens is 1. The van der Waals surface area contributed by atoms with Crippen LogP contribution >= 0.6 is 15.9 Å². The third-order valence-corrected chi connectivity index (χ3v) is 3.04. The van der Waals surface area contributed by atoms with Crippen LogP contribution in [0.3, 0.4) is 0 Å².